The molecule has 1 N–H and O–H groups in total. The van der Waals surface area contributed by atoms with Crippen LogP contribution in [0.3, 0.4) is 0 Å². The Morgan fingerprint density at radius 1 is 1.36 bits per heavy atom. The Morgan fingerprint density at radius 3 is 2.29 bits per heavy atom. The van der Waals surface area contributed by atoms with Gasteiger partial charge in [0, 0.05) is 11.8 Å². The van der Waals surface area contributed by atoms with Crippen LogP contribution in [0.15, 0.2) is 12.7 Å². The van der Waals surface area contributed by atoms with Gasteiger partial charge in [-0.25, -0.2) is 0 Å². The van der Waals surface area contributed by atoms with Gasteiger partial charge in [0.1, 0.15) is 0 Å². The molecule has 1 heterocycles. The first kappa shape index (κ1) is 11.7. The lowest BCUT2D eigenvalue weighted by Gasteiger charge is -2.34. The van der Waals surface area contributed by atoms with Crippen LogP contribution in [-0.4, -0.2) is 30.2 Å². The minimum absolute atomic E-state index is 0.0506. The first-order valence-electron chi connectivity index (χ1n) is 5.10. The van der Waals surface area contributed by atoms with E-state index in [1.807, 2.05) is 20.8 Å². The molecule has 3 atom stereocenters. The summed E-state index contributed by atoms with van der Waals surface area (Å²) in [5.41, 5.74) is 0. The van der Waals surface area contributed by atoms with Gasteiger partial charge in [0.25, 0.3) is 0 Å². The largest absolute Gasteiger partial charge is 0.392 e. The second-order valence-corrected chi connectivity index (χ2v) is 4.09. The van der Waals surface area contributed by atoms with Gasteiger partial charge in [-0.2, -0.15) is 0 Å². The Kier molecular flexibility index (Phi) is 3.70. The molecular formula is C11H20O3. The van der Waals surface area contributed by atoms with Gasteiger partial charge in [-0.1, -0.05) is 19.9 Å². The van der Waals surface area contributed by atoms with E-state index in [0.717, 1.165) is 0 Å². The van der Waals surface area contributed by atoms with Crippen molar-refractivity contribution in [1.82, 2.24) is 0 Å². The fraction of sp³-hybridized carbons (Fsp3) is 0.818. The van der Waals surface area contributed by atoms with Crippen molar-refractivity contribution in [2.75, 3.05) is 13.2 Å². The normalized spacial score (nSPS) is 26.9. The standard InChI is InChI=1S/C11H20O3/c1-5-8(2)10(12)9(3)11(4)13-6-7-14-11/h5,8-10,12H,1,6-7H2,2-4H3/t8-,9+,10-/m0/s1. The Hall–Kier alpha value is -0.380. The SMILES string of the molecule is C=C[C@H](C)[C@H](O)[C@@H](C)C1(C)OCCO1. The average molecular weight is 200 g/mol. The third kappa shape index (κ3) is 2.16. The summed E-state index contributed by atoms with van der Waals surface area (Å²) in [6.07, 6.45) is 1.27. The van der Waals surface area contributed by atoms with Crippen LogP contribution in [0.2, 0.25) is 0 Å². The zero-order valence-electron chi connectivity index (χ0n) is 9.19. The van der Waals surface area contributed by atoms with E-state index in [2.05, 4.69) is 6.58 Å². The second-order valence-electron chi connectivity index (χ2n) is 4.09. The number of hydrogen-bond donors (Lipinski definition) is 1. The van der Waals surface area contributed by atoms with Crippen molar-refractivity contribution in [2.24, 2.45) is 11.8 Å². The zero-order valence-corrected chi connectivity index (χ0v) is 9.19. The number of aliphatic hydroxyl groups excluding tert-OH is 1. The van der Waals surface area contributed by atoms with Gasteiger partial charge in [0.2, 0.25) is 0 Å². The summed E-state index contributed by atoms with van der Waals surface area (Å²) in [5, 5.41) is 9.98. The molecule has 0 aromatic rings. The van der Waals surface area contributed by atoms with E-state index >= 15 is 0 Å². The highest BCUT2D eigenvalue weighted by molar-refractivity contribution is 4.89. The molecule has 0 unspecified atom stereocenters. The summed E-state index contributed by atoms with van der Waals surface area (Å²) in [7, 11) is 0. The van der Waals surface area contributed by atoms with Gasteiger partial charge in [-0.3, -0.25) is 0 Å². The minimum atomic E-state index is -0.642. The maximum Gasteiger partial charge on any atom is 0.170 e. The molecule has 0 bridgehead atoms. The minimum Gasteiger partial charge on any atom is -0.392 e. The van der Waals surface area contributed by atoms with Gasteiger partial charge in [-0.05, 0) is 6.92 Å². The van der Waals surface area contributed by atoms with Crippen LogP contribution in [0.25, 0.3) is 0 Å². The fourth-order valence-corrected chi connectivity index (χ4v) is 1.70. The van der Waals surface area contributed by atoms with E-state index < -0.39 is 11.9 Å². The highest BCUT2D eigenvalue weighted by Crippen LogP contribution is 2.32. The van der Waals surface area contributed by atoms with Crippen molar-refractivity contribution in [3.05, 3.63) is 12.7 Å². The van der Waals surface area contributed by atoms with Gasteiger partial charge in [0.15, 0.2) is 5.79 Å². The molecule has 0 spiro atoms. The number of ether oxygens (including phenoxy) is 2. The second kappa shape index (κ2) is 4.43. The van der Waals surface area contributed by atoms with E-state index in [0.29, 0.717) is 13.2 Å². The summed E-state index contributed by atoms with van der Waals surface area (Å²) >= 11 is 0. The molecule has 14 heavy (non-hydrogen) atoms. The molecule has 0 saturated carbocycles. The molecule has 1 aliphatic rings. The van der Waals surface area contributed by atoms with Crippen LogP contribution in [0.5, 0.6) is 0 Å². The third-order valence-corrected chi connectivity index (χ3v) is 3.11. The van der Waals surface area contributed by atoms with Crippen LogP contribution in [0.4, 0.5) is 0 Å². The number of hydrogen-bond acceptors (Lipinski definition) is 3. The predicted molar refractivity (Wildman–Crippen MR) is 54.8 cm³/mol. The molecule has 1 rings (SSSR count). The molecule has 0 radical (unpaired) electrons. The van der Waals surface area contributed by atoms with Crippen LogP contribution < -0.4 is 0 Å². The summed E-state index contributed by atoms with van der Waals surface area (Å²) in [4.78, 5) is 0. The third-order valence-electron chi connectivity index (χ3n) is 3.11. The van der Waals surface area contributed by atoms with Crippen LogP contribution >= 0.6 is 0 Å². The van der Waals surface area contributed by atoms with Crippen molar-refractivity contribution >= 4 is 0 Å². The van der Waals surface area contributed by atoms with Crippen molar-refractivity contribution in [3.63, 3.8) is 0 Å². The molecule has 3 nitrogen and oxygen atoms in total. The highest BCUT2D eigenvalue weighted by Gasteiger charge is 2.41. The van der Waals surface area contributed by atoms with Gasteiger partial charge >= 0.3 is 0 Å². The van der Waals surface area contributed by atoms with E-state index in [1.54, 1.807) is 6.08 Å². The van der Waals surface area contributed by atoms with Crippen LogP contribution in [0, 0.1) is 11.8 Å². The van der Waals surface area contributed by atoms with Gasteiger partial charge in [-0.15, -0.1) is 6.58 Å². The summed E-state index contributed by atoms with van der Waals surface area (Å²) in [5.74, 6) is -0.649. The molecule has 1 aliphatic heterocycles. The smallest absolute Gasteiger partial charge is 0.170 e. The van der Waals surface area contributed by atoms with E-state index in [4.69, 9.17) is 9.47 Å². The molecule has 0 aromatic heterocycles. The summed E-state index contributed by atoms with van der Waals surface area (Å²) in [6, 6.07) is 0. The summed E-state index contributed by atoms with van der Waals surface area (Å²) in [6.45, 7) is 10.6. The average Bonchev–Trinajstić information content (AvgIpc) is 2.63. The lowest BCUT2D eigenvalue weighted by Crippen LogP contribution is -2.43. The molecule has 1 fully saturated rings. The van der Waals surface area contributed by atoms with E-state index in [1.165, 1.54) is 0 Å². The monoisotopic (exact) mass is 200 g/mol. The summed E-state index contributed by atoms with van der Waals surface area (Å²) < 4.78 is 11.0. The predicted octanol–water partition coefficient (Wildman–Crippen LogP) is 1.57. The number of aliphatic hydroxyl groups is 1. The van der Waals surface area contributed by atoms with Crippen LogP contribution in [0.1, 0.15) is 20.8 Å². The Labute approximate surface area is 85.7 Å². The zero-order chi connectivity index (χ0) is 10.8. The Bertz CT molecular complexity index is 197. The maximum atomic E-state index is 9.98. The molecule has 0 aliphatic carbocycles. The Balaban J connectivity index is 2.63. The number of rotatable bonds is 4. The van der Waals surface area contributed by atoms with Crippen molar-refractivity contribution < 1.29 is 14.6 Å². The van der Waals surface area contributed by atoms with Crippen molar-refractivity contribution in [2.45, 2.75) is 32.7 Å². The van der Waals surface area contributed by atoms with Crippen LogP contribution in [-0.2, 0) is 9.47 Å². The fourth-order valence-electron chi connectivity index (χ4n) is 1.70. The van der Waals surface area contributed by atoms with E-state index in [-0.39, 0.29) is 11.8 Å². The first-order valence-corrected chi connectivity index (χ1v) is 5.10. The maximum absolute atomic E-state index is 9.98. The van der Waals surface area contributed by atoms with E-state index in [9.17, 15) is 5.11 Å². The lowest BCUT2D eigenvalue weighted by molar-refractivity contribution is -0.202. The van der Waals surface area contributed by atoms with Crippen molar-refractivity contribution in [3.8, 4) is 0 Å². The molecule has 0 amide bonds. The topological polar surface area (TPSA) is 38.7 Å². The lowest BCUT2D eigenvalue weighted by atomic mass is 9.88. The quantitative estimate of drug-likeness (QED) is 0.700. The molecule has 1 saturated heterocycles. The molecule has 0 aromatic carbocycles. The molecule has 82 valence electrons. The Morgan fingerprint density at radius 2 is 1.86 bits per heavy atom. The first-order chi connectivity index (χ1) is 6.51. The molecular weight excluding hydrogens is 180 g/mol. The molecule has 3 heteroatoms. The highest BCUT2D eigenvalue weighted by atomic mass is 16.7. The van der Waals surface area contributed by atoms with Gasteiger partial charge in [0.05, 0.1) is 19.3 Å². The van der Waals surface area contributed by atoms with Gasteiger partial charge < -0.3 is 14.6 Å². The van der Waals surface area contributed by atoms with Crippen molar-refractivity contribution in [1.29, 1.82) is 0 Å².